The summed E-state index contributed by atoms with van der Waals surface area (Å²) in [5.74, 6) is 4.15. The molecule has 3 fully saturated rings. The van der Waals surface area contributed by atoms with Crippen molar-refractivity contribution in [1.82, 2.24) is 86.4 Å². The van der Waals surface area contributed by atoms with Gasteiger partial charge in [0.15, 0.2) is 34.0 Å². The quantitative estimate of drug-likeness (QED) is 0.0679. The third kappa shape index (κ3) is 16.0. The first-order valence-electron chi connectivity index (χ1n) is 34.8. The lowest BCUT2D eigenvalue weighted by Gasteiger charge is -2.33. The van der Waals surface area contributed by atoms with Gasteiger partial charge in [0.05, 0.1) is 68.3 Å². The normalized spacial score (nSPS) is 15.8. The number of benzene rings is 3. The van der Waals surface area contributed by atoms with E-state index in [0.717, 1.165) is 32.4 Å². The molecular weight excluding hydrogens is 1360 g/mol. The number of imidazole rings is 3. The monoisotopic (exact) mass is 1450 g/mol. The van der Waals surface area contributed by atoms with E-state index in [2.05, 4.69) is 73.7 Å². The van der Waals surface area contributed by atoms with E-state index < -0.39 is 30.1 Å². The number of likely N-dealkylation sites (N-methyl/N-ethyl adjacent to an activating group) is 3. The summed E-state index contributed by atoms with van der Waals surface area (Å²) in [6.07, 6.45) is 4.56. The summed E-state index contributed by atoms with van der Waals surface area (Å²) in [6, 6.07) is 14.1. The molecule has 12 rings (SSSR count). The van der Waals surface area contributed by atoms with Crippen LogP contribution in [0.25, 0.3) is 50.7 Å². The first-order chi connectivity index (χ1) is 48.3. The Bertz CT molecular complexity index is 4780. The molecule has 101 heavy (non-hydrogen) atoms. The topological polar surface area (TPSA) is 339 Å². The SMILES string of the molecule is CCCc1nc(C)c2c(=O)[nH]c(-c3cc(S(=O)(=O)N4CCN(C)CC4)ccc3OCC)nn12.CCCc1nc(C)c2c(=O)[nH]c(-c3cc(S(=O)(=O)N4CCN(CC)CC4)ccc3OCC)nn12.CCCc1nc(C)c2c(=O)[nH]c(-c3cc(S(=O)(=O)N4CCN(CC)CC4)ccc3OCC)nn12. The molecule has 3 saturated heterocycles. The third-order valence-electron chi connectivity index (χ3n) is 18.1. The first kappa shape index (κ1) is 75.4. The Balaban J connectivity index is 0.000000163. The number of ether oxygens (including phenoxy) is 3. The second kappa shape index (κ2) is 32.4. The summed E-state index contributed by atoms with van der Waals surface area (Å²) in [7, 11) is -9.14. The van der Waals surface area contributed by atoms with Gasteiger partial charge in [0.1, 0.15) is 34.7 Å². The van der Waals surface area contributed by atoms with Gasteiger partial charge < -0.3 is 43.9 Å². The molecule has 3 N–H and O–H groups in total. The average molecular weight is 1450 g/mol. The molecule has 0 radical (unpaired) electrons. The predicted molar refractivity (Wildman–Crippen MR) is 385 cm³/mol. The highest BCUT2D eigenvalue weighted by atomic mass is 32.2. The fraction of sp³-hybridized carbons (Fsp3) is 0.515. The summed E-state index contributed by atoms with van der Waals surface area (Å²) in [5, 5.41) is 13.9. The largest absolute Gasteiger partial charge is 0.493 e. The van der Waals surface area contributed by atoms with Gasteiger partial charge in [-0.1, -0.05) is 34.6 Å². The number of fused-ring (bicyclic) bond motifs is 3. The Morgan fingerprint density at radius 2 is 0.663 bits per heavy atom. The number of aryl methyl sites for hydroxylation is 6. The molecule has 3 aromatic carbocycles. The van der Waals surface area contributed by atoms with Gasteiger partial charge in [-0.05, 0) is 136 Å². The summed E-state index contributed by atoms with van der Waals surface area (Å²) >= 11 is 0. The molecule has 0 amide bonds. The summed E-state index contributed by atoms with van der Waals surface area (Å²) < 4.78 is 107. The van der Waals surface area contributed by atoms with E-state index in [1.54, 1.807) is 82.8 Å². The fourth-order valence-electron chi connectivity index (χ4n) is 12.7. The van der Waals surface area contributed by atoms with Crippen LogP contribution in [0.2, 0.25) is 0 Å². The van der Waals surface area contributed by atoms with E-state index in [-0.39, 0.29) is 48.8 Å². The average Bonchev–Trinajstić information content (AvgIpc) is 1.75. The number of piperazine rings is 3. The number of hydrogen-bond acceptors (Lipinski definition) is 21. The predicted octanol–water partition coefficient (Wildman–Crippen LogP) is 5.82. The zero-order valence-corrected chi connectivity index (χ0v) is 62.2. The van der Waals surface area contributed by atoms with Crippen molar-refractivity contribution in [3.05, 3.63) is 120 Å². The smallest absolute Gasteiger partial charge is 0.277 e. The lowest BCUT2D eigenvalue weighted by Crippen LogP contribution is -2.48. The summed E-state index contributed by atoms with van der Waals surface area (Å²) in [4.78, 5) is 67.7. The maximum absolute atomic E-state index is 13.4. The Morgan fingerprint density at radius 3 is 0.911 bits per heavy atom. The number of aromatic amines is 3. The van der Waals surface area contributed by atoms with E-state index in [4.69, 9.17) is 14.2 Å². The minimum absolute atomic E-state index is 0.142. The fourth-order valence-corrected chi connectivity index (χ4v) is 17.0. The van der Waals surface area contributed by atoms with Gasteiger partial charge in [0.2, 0.25) is 30.1 Å². The number of H-pyrrole nitrogens is 3. The molecule has 9 aromatic rings. The van der Waals surface area contributed by atoms with Gasteiger partial charge in [0, 0.05) is 97.8 Å². The highest BCUT2D eigenvalue weighted by Gasteiger charge is 2.33. The highest BCUT2D eigenvalue weighted by molar-refractivity contribution is 7.89. The van der Waals surface area contributed by atoms with E-state index in [1.807, 2.05) is 48.6 Å². The molecule has 3 aliphatic heterocycles. The van der Waals surface area contributed by atoms with Crippen molar-refractivity contribution in [1.29, 1.82) is 0 Å². The number of nitrogens with one attached hydrogen (secondary N) is 3. The highest BCUT2D eigenvalue weighted by Crippen LogP contribution is 2.35. The van der Waals surface area contributed by atoms with Gasteiger partial charge in [-0.3, -0.25) is 14.4 Å². The Labute approximate surface area is 588 Å². The van der Waals surface area contributed by atoms with Crippen LogP contribution in [0.3, 0.4) is 0 Å². The number of sulfonamides is 3. The van der Waals surface area contributed by atoms with Gasteiger partial charge in [-0.2, -0.15) is 12.9 Å². The lowest BCUT2D eigenvalue weighted by atomic mass is 10.2. The molecule has 0 bridgehead atoms. The van der Waals surface area contributed by atoms with E-state index in [9.17, 15) is 39.6 Å². The summed E-state index contributed by atoms with van der Waals surface area (Å²) in [6.45, 7) is 30.8. The minimum Gasteiger partial charge on any atom is -0.493 e. The van der Waals surface area contributed by atoms with Crippen LogP contribution in [0.4, 0.5) is 0 Å². The van der Waals surface area contributed by atoms with Gasteiger partial charge in [-0.15, -0.1) is 15.3 Å². The van der Waals surface area contributed by atoms with Gasteiger partial charge >= 0.3 is 0 Å². The Hall–Kier alpha value is -8.28. The Kier molecular flexibility index (Phi) is 24.2. The second-order valence-corrected chi connectivity index (χ2v) is 30.8. The van der Waals surface area contributed by atoms with Crippen LogP contribution in [0.5, 0.6) is 17.2 Å². The van der Waals surface area contributed by atoms with Crippen LogP contribution in [0.15, 0.2) is 83.7 Å². The standard InChI is InChI=1S/2C23H32N6O4S.C22H30N6O4S/c2*1-5-8-20-24-16(4)21-23(30)25-22(26-29(20)21)18-15-17(9-10-19(18)33-7-3)34(31,32)28-13-11-27(6-2)12-14-28;1-5-7-19-23-15(3)20-22(29)24-21(25-28(19)20)17-14-16(8-9-18(17)32-6-2)33(30,31)27-12-10-26(4)11-13-27/h2*9-10,15H,5-8,11-14H2,1-4H3,(H,25,26,30);8-9,14H,5-7,10-13H2,1-4H3,(H,24,25,29). The van der Waals surface area contributed by atoms with Gasteiger partial charge in [-0.25, -0.2) is 53.8 Å². The van der Waals surface area contributed by atoms with Crippen molar-refractivity contribution in [3.63, 3.8) is 0 Å². The zero-order chi connectivity index (χ0) is 72.7. The Morgan fingerprint density at radius 1 is 0.396 bits per heavy atom. The molecule has 0 spiro atoms. The van der Waals surface area contributed by atoms with Crippen LogP contribution < -0.4 is 30.9 Å². The van der Waals surface area contributed by atoms with E-state index in [0.29, 0.717) is 203 Å². The molecule has 0 saturated carbocycles. The number of rotatable bonds is 23. The van der Waals surface area contributed by atoms with Crippen LogP contribution in [-0.2, 0) is 49.3 Å². The number of nitrogens with zero attached hydrogens (tertiary/aromatic N) is 15. The summed E-state index contributed by atoms with van der Waals surface area (Å²) in [5.41, 5.74) is 3.26. The molecule has 0 unspecified atom stereocenters. The van der Waals surface area contributed by atoms with E-state index in [1.165, 1.54) is 19.0 Å². The molecule has 3 aliphatic rings. The van der Waals surface area contributed by atoms with Crippen molar-refractivity contribution in [2.24, 2.45) is 0 Å². The minimum atomic E-state index is -3.71. The van der Waals surface area contributed by atoms with Crippen molar-refractivity contribution in [2.75, 3.05) is 118 Å². The van der Waals surface area contributed by atoms with Crippen LogP contribution in [0, 0.1) is 20.8 Å². The molecule has 30 nitrogen and oxygen atoms in total. The van der Waals surface area contributed by atoms with Crippen molar-refractivity contribution < 1.29 is 39.5 Å². The lowest BCUT2D eigenvalue weighted by molar-refractivity contribution is 0.196. The number of aromatic nitrogens is 12. The molecule has 33 heteroatoms. The second-order valence-electron chi connectivity index (χ2n) is 24.9. The number of hydrogen-bond donors (Lipinski definition) is 3. The molecule has 6 aromatic heterocycles. The van der Waals surface area contributed by atoms with Gasteiger partial charge in [0.25, 0.3) is 16.7 Å². The molecule has 9 heterocycles. The third-order valence-corrected chi connectivity index (χ3v) is 23.8. The molecule has 546 valence electrons. The van der Waals surface area contributed by atoms with E-state index >= 15 is 0 Å². The maximum Gasteiger partial charge on any atom is 0.277 e. The van der Waals surface area contributed by atoms with Crippen LogP contribution >= 0.6 is 0 Å². The van der Waals surface area contributed by atoms with Crippen LogP contribution in [-0.4, -0.2) is 230 Å². The first-order valence-corrected chi connectivity index (χ1v) is 39.1. The van der Waals surface area contributed by atoms with Crippen molar-refractivity contribution in [2.45, 2.75) is 129 Å². The van der Waals surface area contributed by atoms with Crippen LogP contribution in [0.1, 0.15) is 109 Å². The molecule has 0 aliphatic carbocycles. The molecule has 0 atom stereocenters. The van der Waals surface area contributed by atoms with Crippen molar-refractivity contribution in [3.8, 4) is 51.4 Å². The van der Waals surface area contributed by atoms with Crippen molar-refractivity contribution >= 4 is 46.6 Å². The maximum atomic E-state index is 13.4. The molecular formula is C68H94N18O12S3. The zero-order valence-electron chi connectivity index (χ0n) is 59.8.